The fourth-order valence-corrected chi connectivity index (χ4v) is 3.09. The van der Waals surface area contributed by atoms with Gasteiger partial charge in [-0.15, -0.1) is 4.80 Å². The molecule has 0 fully saturated rings. The highest BCUT2D eigenvalue weighted by Crippen LogP contribution is 2.28. The lowest BCUT2D eigenvalue weighted by Gasteiger charge is -2.15. The van der Waals surface area contributed by atoms with E-state index in [1.165, 1.54) is 35.7 Å². The maximum Gasteiger partial charge on any atom is 0.323 e. The standard InChI is InChI=1S/C17H15ClFN9O/c1-9(2)14-12(7-24-27-13(19)8-21-16(14)27)26-17(29)25-10-5-11(18)15(20-6-10)28-22-3-4-23-28/h3-9H,1-2H3,(H2,25,26,29). The summed E-state index contributed by atoms with van der Waals surface area (Å²) in [5.41, 5.74) is 1.80. The van der Waals surface area contributed by atoms with Gasteiger partial charge in [-0.05, 0) is 12.0 Å². The molecule has 12 heteroatoms. The van der Waals surface area contributed by atoms with Crippen LogP contribution in [-0.4, -0.2) is 40.6 Å². The summed E-state index contributed by atoms with van der Waals surface area (Å²) >= 11 is 6.21. The van der Waals surface area contributed by atoms with Crippen LogP contribution in [0.3, 0.4) is 0 Å². The maximum absolute atomic E-state index is 13.8. The number of hydrogen-bond donors (Lipinski definition) is 2. The summed E-state index contributed by atoms with van der Waals surface area (Å²) in [5, 5.41) is 17.5. The van der Waals surface area contributed by atoms with Crippen LogP contribution < -0.4 is 10.6 Å². The molecule has 2 N–H and O–H groups in total. The zero-order valence-corrected chi connectivity index (χ0v) is 16.1. The highest BCUT2D eigenvalue weighted by Gasteiger charge is 2.18. The molecule has 4 rings (SSSR count). The van der Waals surface area contributed by atoms with Gasteiger partial charge in [0.1, 0.15) is 0 Å². The number of carbonyl (C=O) groups is 1. The Bertz CT molecular complexity index is 1190. The molecule has 148 valence electrons. The Morgan fingerprint density at radius 3 is 2.55 bits per heavy atom. The first-order valence-electron chi connectivity index (χ1n) is 8.56. The zero-order valence-electron chi connectivity index (χ0n) is 15.3. The van der Waals surface area contributed by atoms with E-state index in [4.69, 9.17) is 11.6 Å². The number of rotatable bonds is 4. The summed E-state index contributed by atoms with van der Waals surface area (Å²) in [6, 6.07) is 0.995. The lowest BCUT2D eigenvalue weighted by Crippen LogP contribution is -2.21. The van der Waals surface area contributed by atoms with Crippen LogP contribution in [-0.2, 0) is 0 Å². The van der Waals surface area contributed by atoms with E-state index < -0.39 is 12.0 Å². The summed E-state index contributed by atoms with van der Waals surface area (Å²) in [6.07, 6.45) is 6.89. The van der Waals surface area contributed by atoms with Gasteiger partial charge < -0.3 is 10.6 Å². The molecular weight excluding hydrogens is 401 g/mol. The Hall–Kier alpha value is -3.60. The molecule has 0 aliphatic carbocycles. The second-order valence-electron chi connectivity index (χ2n) is 6.37. The smallest absolute Gasteiger partial charge is 0.306 e. The van der Waals surface area contributed by atoms with Gasteiger partial charge in [0.05, 0.1) is 47.4 Å². The third-order valence-electron chi connectivity index (χ3n) is 4.04. The van der Waals surface area contributed by atoms with Gasteiger partial charge in [0, 0.05) is 5.56 Å². The van der Waals surface area contributed by atoms with E-state index in [-0.39, 0.29) is 10.9 Å². The van der Waals surface area contributed by atoms with Crippen molar-refractivity contribution in [1.82, 2.24) is 34.6 Å². The van der Waals surface area contributed by atoms with E-state index in [9.17, 15) is 9.18 Å². The van der Waals surface area contributed by atoms with Crippen LogP contribution in [0.4, 0.5) is 20.6 Å². The van der Waals surface area contributed by atoms with Crippen molar-refractivity contribution >= 4 is 34.7 Å². The number of nitrogens with one attached hydrogen (secondary N) is 2. The number of pyridine rings is 1. The minimum Gasteiger partial charge on any atom is -0.306 e. The first kappa shape index (κ1) is 18.7. The van der Waals surface area contributed by atoms with E-state index in [1.807, 2.05) is 13.8 Å². The average Bonchev–Trinajstić information content (AvgIpc) is 3.32. The third kappa shape index (κ3) is 3.59. The summed E-state index contributed by atoms with van der Waals surface area (Å²) in [7, 11) is 0. The fourth-order valence-electron chi connectivity index (χ4n) is 2.85. The predicted octanol–water partition coefficient (Wildman–Crippen LogP) is 3.26. The molecule has 4 aromatic heterocycles. The van der Waals surface area contributed by atoms with Crippen molar-refractivity contribution in [3.63, 3.8) is 0 Å². The van der Waals surface area contributed by atoms with Crippen molar-refractivity contribution in [3.05, 3.63) is 53.6 Å². The molecule has 0 unspecified atom stereocenters. The number of carbonyl (C=O) groups excluding carboxylic acids is 1. The van der Waals surface area contributed by atoms with Crippen LogP contribution in [0.2, 0.25) is 5.02 Å². The monoisotopic (exact) mass is 415 g/mol. The Balaban J connectivity index is 1.56. The Kier molecular flexibility index (Phi) is 4.80. The molecule has 4 heterocycles. The van der Waals surface area contributed by atoms with Crippen molar-refractivity contribution in [2.24, 2.45) is 0 Å². The van der Waals surface area contributed by atoms with Gasteiger partial charge in [0.25, 0.3) is 0 Å². The topological polar surface area (TPSA) is 115 Å². The van der Waals surface area contributed by atoms with Crippen molar-refractivity contribution in [1.29, 1.82) is 0 Å². The highest BCUT2D eigenvalue weighted by molar-refractivity contribution is 6.32. The van der Waals surface area contributed by atoms with Gasteiger partial charge in [0.2, 0.25) is 5.95 Å². The average molecular weight is 416 g/mol. The van der Waals surface area contributed by atoms with E-state index in [0.717, 1.165) is 10.7 Å². The van der Waals surface area contributed by atoms with Gasteiger partial charge in [-0.1, -0.05) is 25.4 Å². The Morgan fingerprint density at radius 2 is 1.86 bits per heavy atom. The van der Waals surface area contributed by atoms with Crippen molar-refractivity contribution in [3.8, 4) is 5.82 Å². The van der Waals surface area contributed by atoms with Crippen LogP contribution in [0.5, 0.6) is 0 Å². The molecule has 0 aliphatic rings. The van der Waals surface area contributed by atoms with Crippen LogP contribution >= 0.6 is 11.6 Å². The Morgan fingerprint density at radius 1 is 1.10 bits per heavy atom. The summed E-state index contributed by atoms with van der Waals surface area (Å²) in [6.45, 7) is 3.83. The minimum absolute atomic E-state index is 0.0328. The molecule has 0 radical (unpaired) electrons. The van der Waals surface area contributed by atoms with Crippen LogP contribution in [0, 0.1) is 5.95 Å². The molecule has 0 atom stereocenters. The van der Waals surface area contributed by atoms with Gasteiger partial charge in [-0.3, -0.25) is 0 Å². The Labute approximate surface area is 168 Å². The van der Waals surface area contributed by atoms with Gasteiger partial charge in [-0.2, -0.15) is 24.2 Å². The summed E-state index contributed by atoms with van der Waals surface area (Å²) in [5.74, 6) is -0.277. The van der Waals surface area contributed by atoms with Crippen molar-refractivity contribution in [2.75, 3.05) is 10.6 Å². The number of halogens is 2. The summed E-state index contributed by atoms with van der Waals surface area (Å²) < 4.78 is 14.8. The quantitative estimate of drug-likeness (QED) is 0.528. The number of aromatic nitrogens is 7. The zero-order chi connectivity index (χ0) is 20.5. The van der Waals surface area contributed by atoms with Crippen LogP contribution in [0.25, 0.3) is 11.5 Å². The van der Waals surface area contributed by atoms with Gasteiger partial charge in [-0.25, -0.2) is 14.8 Å². The van der Waals surface area contributed by atoms with Gasteiger partial charge >= 0.3 is 6.03 Å². The molecule has 0 saturated carbocycles. The third-order valence-corrected chi connectivity index (χ3v) is 4.32. The molecule has 0 aliphatic heterocycles. The number of urea groups is 1. The number of amides is 2. The number of anilines is 2. The first-order chi connectivity index (χ1) is 13.9. The SMILES string of the molecule is CC(C)c1c(NC(=O)Nc2cnc(-n3nccn3)c(Cl)c2)cnn2c(F)cnc12. The van der Waals surface area contributed by atoms with E-state index in [2.05, 4.69) is 35.9 Å². The minimum atomic E-state index is -0.578. The lowest BCUT2D eigenvalue weighted by atomic mass is 10.0. The molecule has 4 aromatic rings. The van der Waals surface area contributed by atoms with Crippen LogP contribution in [0.1, 0.15) is 25.3 Å². The summed E-state index contributed by atoms with van der Waals surface area (Å²) in [4.78, 5) is 22.0. The van der Waals surface area contributed by atoms with Crippen LogP contribution in [0.15, 0.2) is 37.1 Å². The second kappa shape index (κ2) is 7.43. The van der Waals surface area contributed by atoms with Crippen molar-refractivity contribution in [2.45, 2.75) is 19.8 Å². The molecule has 2 amide bonds. The fraction of sp³-hybridized carbons (Fsp3) is 0.176. The first-order valence-corrected chi connectivity index (χ1v) is 8.94. The molecule has 0 aromatic carbocycles. The van der Waals surface area contributed by atoms with Crippen molar-refractivity contribution < 1.29 is 9.18 Å². The molecule has 0 bridgehead atoms. The van der Waals surface area contributed by atoms with Gasteiger partial charge in [0.15, 0.2) is 11.5 Å². The van der Waals surface area contributed by atoms with E-state index in [1.54, 1.807) is 0 Å². The maximum atomic E-state index is 13.8. The number of fused-ring (bicyclic) bond motifs is 1. The second-order valence-corrected chi connectivity index (χ2v) is 6.78. The molecule has 0 saturated heterocycles. The highest BCUT2D eigenvalue weighted by atomic mass is 35.5. The predicted molar refractivity (Wildman–Crippen MR) is 104 cm³/mol. The normalized spacial score (nSPS) is 11.2. The number of imidazole rings is 1. The molecule has 29 heavy (non-hydrogen) atoms. The number of nitrogens with zero attached hydrogens (tertiary/aromatic N) is 7. The molecular formula is C17H15ClFN9O. The molecule has 0 spiro atoms. The largest absolute Gasteiger partial charge is 0.323 e. The lowest BCUT2D eigenvalue weighted by molar-refractivity contribution is 0.262. The number of hydrogen-bond acceptors (Lipinski definition) is 6. The van der Waals surface area contributed by atoms with E-state index in [0.29, 0.717) is 28.4 Å². The molecule has 10 nitrogen and oxygen atoms in total. The van der Waals surface area contributed by atoms with E-state index >= 15 is 0 Å².